The van der Waals surface area contributed by atoms with E-state index in [9.17, 15) is 9.59 Å². The summed E-state index contributed by atoms with van der Waals surface area (Å²) in [6, 6.07) is 38.9. The normalized spacial score (nSPS) is 12.6. The van der Waals surface area contributed by atoms with E-state index < -0.39 is 18.1 Å². The van der Waals surface area contributed by atoms with Crippen molar-refractivity contribution in [2.45, 2.75) is 38.5 Å². The second-order valence-electron chi connectivity index (χ2n) is 12.1. The fourth-order valence-electron chi connectivity index (χ4n) is 6.28. The van der Waals surface area contributed by atoms with E-state index in [1.54, 1.807) is 0 Å². The number of hydrogen-bond acceptors (Lipinski definition) is 5. The lowest BCUT2D eigenvalue weighted by Gasteiger charge is -2.19. The molecule has 0 aliphatic heterocycles. The van der Waals surface area contributed by atoms with Crippen LogP contribution in [0.25, 0.3) is 22.0 Å². The van der Waals surface area contributed by atoms with Gasteiger partial charge in [-0.3, -0.25) is 0 Å². The average Bonchev–Trinajstić information content (AvgIpc) is 3.68. The lowest BCUT2D eigenvalue weighted by atomic mass is 9.98. The summed E-state index contributed by atoms with van der Waals surface area (Å²) >= 11 is 0. The zero-order valence-electron chi connectivity index (χ0n) is 26.6. The van der Waals surface area contributed by atoms with E-state index in [1.165, 1.54) is 5.56 Å². The second kappa shape index (κ2) is 13.9. The molecule has 6 aromatic rings. The number of esters is 1. The number of fused-ring (bicyclic) bond motifs is 4. The number of carbonyl (C=O) groups is 2. The third-order valence-electron chi connectivity index (χ3n) is 8.85. The summed E-state index contributed by atoms with van der Waals surface area (Å²) in [5.41, 5.74) is 9.46. The molecule has 1 aliphatic rings. The molecule has 1 aromatic heterocycles. The van der Waals surface area contributed by atoms with E-state index in [2.05, 4.69) is 53.6 Å². The van der Waals surface area contributed by atoms with Crippen LogP contribution in [0.4, 0.5) is 4.79 Å². The molecule has 7 heteroatoms. The topological polar surface area (TPSA) is 89.7 Å². The lowest BCUT2D eigenvalue weighted by Crippen LogP contribution is -2.43. The molecule has 0 bridgehead atoms. The maximum absolute atomic E-state index is 13.5. The van der Waals surface area contributed by atoms with Crippen LogP contribution in [0.1, 0.15) is 39.3 Å². The number of aryl methyl sites for hydroxylation is 1. The first-order valence-electron chi connectivity index (χ1n) is 16.1. The molecule has 5 aromatic carbocycles. The van der Waals surface area contributed by atoms with Crippen LogP contribution in [-0.4, -0.2) is 29.7 Å². The van der Waals surface area contributed by atoms with Crippen LogP contribution in [-0.2, 0) is 33.9 Å². The van der Waals surface area contributed by atoms with Crippen LogP contribution < -0.4 is 10.1 Å². The number of aromatic nitrogens is 1. The number of ether oxygens (including phenoxy) is 3. The molecule has 2 N–H and O–H groups in total. The summed E-state index contributed by atoms with van der Waals surface area (Å²) in [7, 11) is 0. The quantitative estimate of drug-likeness (QED) is 0.140. The Morgan fingerprint density at radius 3 is 2.08 bits per heavy atom. The van der Waals surface area contributed by atoms with E-state index in [4.69, 9.17) is 14.2 Å². The SMILES string of the molecule is Cc1ccc(COc2ccc(COC(=O)[C@H](Cc3c[nH]c4ccccc34)NC(=O)OCC3c4ccccc4-c4ccccc43)cc2)cc1. The van der Waals surface area contributed by atoms with Crippen LogP contribution in [0.3, 0.4) is 0 Å². The smallest absolute Gasteiger partial charge is 0.407 e. The predicted octanol–water partition coefficient (Wildman–Crippen LogP) is 8.25. The summed E-state index contributed by atoms with van der Waals surface area (Å²) in [6.07, 6.45) is 1.42. The van der Waals surface area contributed by atoms with Crippen LogP contribution in [0.5, 0.6) is 5.75 Å². The monoisotopic (exact) mass is 636 g/mol. The molecule has 0 saturated heterocycles. The zero-order valence-corrected chi connectivity index (χ0v) is 26.6. The lowest BCUT2D eigenvalue weighted by molar-refractivity contribution is -0.147. The maximum Gasteiger partial charge on any atom is 0.407 e. The summed E-state index contributed by atoms with van der Waals surface area (Å²) in [5, 5.41) is 3.78. The largest absolute Gasteiger partial charge is 0.489 e. The first-order valence-corrected chi connectivity index (χ1v) is 16.1. The first-order chi connectivity index (χ1) is 23.5. The molecule has 1 atom stereocenters. The Hall–Kier alpha value is -5.82. The van der Waals surface area contributed by atoms with Gasteiger partial charge in [0.15, 0.2) is 0 Å². The molecule has 7 rings (SSSR count). The molecule has 0 spiro atoms. The van der Waals surface area contributed by atoms with E-state index in [0.717, 1.165) is 55.6 Å². The molecule has 1 heterocycles. The highest BCUT2D eigenvalue weighted by Crippen LogP contribution is 2.44. The Morgan fingerprint density at radius 1 is 0.729 bits per heavy atom. The van der Waals surface area contributed by atoms with Crippen LogP contribution in [0, 0.1) is 6.92 Å². The number of para-hydroxylation sites is 1. The van der Waals surface area contributed by atoms with Gasteiger partial charge in [0.05, 0.1) is 0 Å². The van der Waals surface area contributed by atoms with Crippen molar-refractivity contribution in [2.24, 2.45) is 0 Å². The second-order valence-corrected chi connectivity index (χ2v) is 12.1. The number of carbonyl (C=O) groups excluding carboxylic acids is 2. The summed E-state index contributed by atoms with van der Waals surface area (Å²) in [5.74, 6) is 0.0827. The van der Waals surface area contributed by atoms with Gasteiger partial charge in [0.2, 0.25) is 0 Å². The molecule has 1 aliphatic carbocycles. The van der Waals surface area contributed by atoms with E-state index in [1.807, 2.05) is 91.1 Å². The Balaban J connectivity index is 1.01. The van der Waals surface area contributed by atoms with Crippen molar-refractivity contribution in [3.63, 3.8) is 0 Å². The third kappa shape index (κ3) is 6.81. The van der Waals surface area contributed by atoms with Gasteiger partial charge in [-0.2, -0.15) is 0 Å². The maximum atomic E-state index is 13.5. The number of benzene rings is 5. The molecule has 0 saturated carbocycles. The van der Waals surface area contributed by atoms with Gasteiger partial charge in [0, 0.05) is 29.4 Å². The van der Waals surface area contributed by atoms with Gasteiger partial charge in [-0.25, -0.2) is 9.59 Å². The molecular weight excluding hydrogens is 600 g/mol. The summed E-state index contributed by atoms with van der Waals surface area (Å²) < 4.78 is 17.4. The minimum Gasteiger partial charge on any atom is -0.489 e. The minimum absolute atomic E-state index is 0.0494. The van der Waals surface area contributed by atoms with Crippen molar-refractivity contribution in [2.75, 3.05) is 6.61 Å². The number of aromatic amines is 1. The molecule has 1 amide bonds. The Kier molecular flexibility index (Phi) is 8.92. The van der Waals surface area contributed by atoms with Crippen molar-refractivity contribution in [3.05, 3.63) is 161 Å². The van der Waals surface area contributed by atoms with Crippen LogP contribution >= 0.6 is 0 Å². The highest BCUT2D eigenvalue weighted by molar-refractivity contribution is 5.86. The predicted molar refractivity (Wildman–Crippen MR) is 186 cm³/mol. The van der Waals surface area contributed by atoms with Gasteiger partial charge < -0.3 is 24.5 Å². The molecular formula is C41H36N2O5. The van der Waals surface area contributed by atoms with Crippen molar-refractivity contribution in [3.8, 4) is 16.9 Å². The molecule has 240 valence electrons. The fourth-order valence-corrected chi connectivity index (χ4v) is 6.28. The number of nitrogens with one attached hydrogen (secondary N) is 2. The van der Waals surface area contributed by atoms with E-state index >= 15 is 0 Å². The van der Waals surface area contributed by atoms with Gasteiger partial charge >= 0.3 is 12.1 Å². The summed E-state index contributed by atoms with van der Waals surface area (Å²) in [4.78, 5) is 30.0. The van der Waals surface area contributed by atoms with Gasteiger partial charge in [-0.15, -0.1) is 0 Å². The summed E-state index contributed by atoms with van der Waals surface area (Å²) in [6.45, 7) is 2.71. The van der Waals surface area contributed by atoms with Gasteiger partial charge in [-0.1, -0.05) is 109 Å². The number of amides is 1. The Morgan fingerprint density at radius 2 is 1.35 bits per heavy atom. The molecule has 0 radical (unpaired) electrons. The highest BCUT2D eigenvalue weighted by atomic mass is 16.6. The van der Waals surface area contributed by atoms with Crippen LogP contribution in [0.15, 0.2) is 128 Å². The Bertz CT molecular complexity index is 2000. The third-order valence-corrected chi connectivity index (χ3v) is 8.85. The van der Waals surface area contributed by atoms with Crippen molar-refractivity contribution in [1.29, 1.82) is 0 Å². The van der Waals surface area contributed by atoms with Crippen molar-refractivity contribution < 1.29 is 23.8 Å². The number of alkyl carbamates (subject to hydrolysis) is 1. The van der Waals surface area contributed by atoms with Crippen molar-refractivity contribution >= 4 is 23.0 Å². The van der Waals surface area contributed by atoms with Gasteiger partial charge in [0.1, 0.15) is 31.6 Å². The number of H-pyrrole nitrogens is 1. The van der Waals surface area contributed by atoms with E-state index in [0.29, 0.717) is 6.61 Å². The molecule has 48 heavy (non-hydrogen) atoms. The van der Waals surface area contributed by atoms with Crippen molar-refractivity contribution in [1.82, 2.24) is 10.3 Å². The molecule has 0 unspecified atom stereocenters. The van der Waals surface area contributed by atoms with E-state index in [-0.39, 0.29) is 25.6 Å². The first kappa shape index (κ1) is 30.8. The van der Waals surface area contributed by atoms with Gasteiger partial charge in [0.25, 0.3) is 0 Å². The molecule has 7 nitrogen and oxygen atoms in total. The standard InChI is InChI=1S/C41H36N2O5/c1-27-14-16-28(17-15-27)24-46-31-20-18-29(19-21-31)25-47-40(44)39(22-30-23-42-38-13-7-6-8-32(30)38)43-41(45)48-26-37-35-11-4-2-9-33(35)34-10-3-5-12-36(34)37/h2-21,23,37,39,42H,22,24-26H2,1H3,(H,43,45)/t39-/m0/s1. The minimum atomic E-state index is -0.961. The molecule has 0 fully saturated rings. The fraction of sp³-hybridized carbons (Fsp3) is 0.171. The van der Waals surface area contributed by atoms with Gasteiger partial charge in [-0.05, 0) is 64.1 Å². The number of hydrogen-bond donors (Lipinski definition) is 2. The number of rotatable bonds is 11. The average molecular weight is 637 g/mol. The zero-order chi connectivity index (χ0) is 32.9. The Labute approximate surface area is 279 Å². The van der Waals surface area contributed by atoms with Crippen LogP contribution in [0.2, 0.25) is 0 Å². The highest BCUT2D eigenvalue weighted by Gasteiger charge is 2.30.